The minimum atomic E-state index is -0.362. The average molecular weight is 410 g/mol. The van der Waals surface area contributed by atoms with E-state index in [1.807, 2.05) is 29.7 Å². The van der Waals surface area contributed by atoms with E-state index < -0.39 is 0 Å². The topological polar surface area (TPSA) is 73.1 Å². The van der Waals surface area contributed by atoms with Crippen LogP contribution in [0.3, 0.4) is 0 Å². The Hall–Kier alpha value is -1.93. The highest BCUT2D eigenvalue weighted by molar-refractivity contribution is 9.09. The smallest absolute Gasteiger partial charge is 0.409 e. The zero-order chi connectivity index (χ0) is 18.0. The number of ketones is 1. The van der Waals surface area contributed by atoms with Gasteiger partial charge in [-0.25, -0.2) is 9.78 Å². The summed E-state index contributed by atoms with van der Waals surface area (Å²) in [5.74, 6) is -0.0722. The number of ether oxygens (including phenoxy) is 2. The van der Waals surface area contributed by atoms with Crippen LogP contribution < -0.4 is 0 Å². The molecule has 0 aliphatic carbocycles. The van der Waals surface area contributed by atoms with Crippen molar-refractivity contribution in [3.05, 3.63) is 35.3 Å². The van der Waals surface area contributed by atoms with Crippen LogP contribution in [0.2, 0.25) is 0 Å². The minimum absolute atomic E-state index is 0.0722. The van der Waals surface area contributed by atoms with Crippen LogP contribution in [-0.2, 0) is 15.9 Å². The number of carbonyl (C=O) groups excluding carboxylic acids is 2. The Labute approximate surface area is 154 Å². The lowest BCUT2D eigenvalue weighted by Gasteiger charge is -2.31. The molecule has 2 aromatic rings. The zero-order valence-electron chi connectivity index (χ0n) is 14.2. The lowest BCUT2D eigenvalue weighted by molar-refractivity contribution is -0.0242. The van der Waals surface area contributed by atoms with Gasteiger partial charge >= 0.3 is 6.09 Å². The summed E-state index contributed by atoms with van der Waals surface area (Å²) in [6, 6.07) is 3.92. The first-order valence-corrected chi connectivity index (χ1v) is 9.17. The Morgan fingerprint density at radius 1 is 1.48 bits per heavy atom. The van der Waals surface area contributed by atoms with Crippen LogP contribution in [0.4, 0.5) is 4.79 Å². The summed E-state index contributed by atoms with van der Waals surface area (Å²) in [6.45, 7) is 3.35. The molecule has 0 bridgehead atoms. The normalized spacial score (nSPS) is 17.7. The van der Waals surface area contributed by atoms with E-state index in [1.54, 1.807) is 4.90 Å². The van der Waals surface area contributed by atoms with Gasteiger partial charge in [0.1, 0.15) is 11.3 Å². The number of rotatable bonds is 4. The molecule has 0 radical (unpaired) electrons. The van der Waals surface area contributed by atoms with Gasteiger partial charge in [-0.1, -0.05) is 15.9 Å². The molecule has 0 saturated carbocycles. The van der Waals surface area contributed by atoms with Gasteiger partial charge in [-0.05, 0) is 24.6 Å². The molecule has 3 rings (SSSR count). The Morgan fingerprint density at radius 3 is 3.00 bits per heavy atom. The number of imidazole rings is 1. The number of amides is 1. The molecule has 1 fully saturated rings. The van der Waals surface area contributed by atoms with Crippen molar-refractivity contribution >= 4 is 33.5 Å². The first-order chi connectivity index (χ1) is 12.0. The highest BCUT2D eigenvalue weighted by Crippen LogP contribution is 2.20. The van der Waals surface area contributed by atoms with Crippen molar-refractivity contribution in [1.29, 1.82) is 0 Å². The predicted octanol–water partition coefficient (Wildman–Crippen LogP) is 2.23. The molecule has 0 unspecified atom stereocenters. The quantitative estimate of drug-likeness (QED) is 0.571. The van der Waals surface area contributed by atoms with Crippen LogP contribution in [0.25, 0.3) is 5.65 Å². The second-order valence-electron chi connectivity index (χ2n) is 6.01. The third-order valence-electron chi connectivity index (χ3n) is 4.26. The van der Waals surface area contributed by atoms with Crippen LogP contribution in [0.1, 0.15) is 21.7 Å². The maximum absolute atomic E-state index is 12.3. The number of halogens is 1. The highest BCUT2D eigenvalue weighted by Gasteiger charge is 2.28. The lowest BCUT2D eigenvalue weighted by atomic mass is 10.1. The summed E-state index contributed by atoms with van der Waals surface area (Å²) < 4.78 is 12.5. The number of morpholine rings is 1. The molecule has 0 spiro atoms. The fraction of sp³-hybridized carbons (Fsp3) is 0.471. The summed E-state index contributed by atoms with van der Waals surface area (Å²) in [5.41, 5.74) is 3.06. The van der Waals surface area contributed by atoms with E-state index in [2.05, 4.69) is 20.9 Å². The van der Waals surface area contributed by atoms with Crippen molar-refractivity contribution < 1.29 is 19.1 Å². The maximum atomic E-state index is 12.3. The number of nitrogens with zero attached hydrogens (tertiary/aromatic N) is 3. The molecule has 1 atom stereocenters. The van der Waals surface area contributed by atoms with Gasteiger partial charge in [-0.2, -0.15) is 0 Å². The number of aryl methyl sites for hydroxylation is 1. The number of hydrogen-bond donors (Lipinski definition) is 0. The van der Waals surface area contributed by atoms with Gasteiger partial charge in [0, 0.05) is 19.2 Å². The molecule has 1 saturated heterocycles. The molecule has 0 N–H and O–H groups in total. The van der Waals surface area contributed by atoms with E-state index in [9.17, 15) is 9.59 Å². The SMILES string of the molecule is COC(=O)N1CCO[C@@H](Cc2c(C(=O)CBr)nc3cc(C)ccn23)C1. The number of methoxy groups -OCH3 is 1. The number of fused-ring (bicyclic) bond motifs is 1. The number of hydrogen-bond acceptors (Lipinski definition) is 5. The summed E-state index contributed by atoms with van der Waals surface area (Å²) in [7, 11) is 1.37. The first-order valence-electron chi connectivity index (χ1n) is 8.04. The summed E-state index contributed by atoms with van der Waals surface area (Å²) >= 11 is 3.22. The second kappa shape index (κ2) is 7.53. The van der Waals surface area contributed by atoms with Crippen molar-refractivity contribution in [3.63, 3.8) is 0 Å². The Balaban J connectivity index is 1.91. The van der Waals surface area contributed by atoms with E-state index in [0.717, 1.165) is 16.9 Å². The van der Waals surface area contributed by atoms with Gasteiger partial charge < -0.3 is 18.8 Å². The van der Waals surface area contributed by atoms with E-state index >= 15 is 0 Å². The van der Waals surface area contributed by atoms with E-state index in [1.165, 1.54) is 7.11 Å². The molecule has 1 amide bonds. The monoisotopic (exact) mass is 409 g/mol. The van der Waals surface area contributed by atoms with Gasteiger partial charge in [0.15, 0.2) is 5.78 Å². The first kappa shape index (κ1) is 17.9. The molecule has 1 aliphatic heterocycles. The van der Waals surface area contributed by atoms with E-state index in [0.29, 0.717) is 31.8 Å². The second-order valence-corrected chi connectivity index (χ2v) is 6.57. The maximum Gasteiger partial charge on any atom is 0.409 e. The number of aromatic nitrogens is 2. The number of pyridine rings is 1. The molecular formula is C17H20BrN3O4. The standard InChI is InChI=1S/C17H20BrN3O4/c1-11-3-4-21-13(16(14(22)9-18)19-15(21)7-11)8-12-10-20(5-6-25-12)17(23)24-2/h3-4,7,12H,5-6,8-10H2,1-2H3/t12-/m0/s1. The van der Waals surface area contributed by atoms with Gasteiger partial charge in [0.05, 0.1) is 37.4 Å². The van der Waals surface area contributed by atoms with Crippen LogP contribution in [0.5, 0.6) is 0 Å². The van der Waals surface area contributed by atoms with E-state index in [4.69, 9.17) is 9.47 Å². The number of alkyl halides is 1. The van der Waals surface area contributed by atoms with Gasteiger partial charge in [0.2, 0.25) is 0 Å². The van der Waals surface area contributed by atoms with E-state index in [-0.39, 0.29) is 23.3 Å². The zero-order valence-corrected chi connectivity index (χ0v) is 15.8. The third-order valence-corrected chi connectivity index (χ3v) is 4.77. The third kappa shape index (κ3) is 3.69. The highest BCUT2D eigenvalue weighted by atomic mass is 79.9. The molecule has 25 heavy (non-hydrogen) atoms. The molecule has 3 heterocycles. The van der Waals surface area contributed by atoms with Crippen molar-refractivity contribution in [1.82, 2.24) is 14.3 Å². The molecule has 0 aromatic carbocycles. The fourth-order valence-corrected chi connectivity index (χ4v) is 3.30. The van der Waals surface area contributed by atoms with Crippen molar-refractivity contribution in [2.45, 2.75) is 19.4 Å². The molecular weight excluding hydrogens is 390 g/mol. The number of Topliss-reactive ketones (excluding diaryl/α,β-unsaturated/α-hetero) is 1. The van der Waals surface area contributed by atoms with Gasteiger partial charge in [0.25, 0.3) is 0 Å². The van der Waals surface area contributed by atoms with Gasteiger partial charge in [-0.15, -0.1) is 0 Å². The van der Waals surface area contributed by atoms with Crippen LogP contribution >= 0.6 is 15.9 Å². The summed E-state index contributed by atoms with van der Waals surface area (Å²) in [4.78, 5) is 30.2. The summed E-state index contributed by atoms with van der Waals surface area (Å²) in [5, 5.41) is 0.211. The molecule has 134 valence electrons. The fourth-order valence-electron chi connectivity index (χ4n) is 3.03. The molecule has 7 nitrogen and oxygen atoms in total. The Kier molecular flexibility index (Phi) is 5.39. The van der Waals surface area contributed by atoms with Crippen molar-refractivity contribution in [3.8, 4) is 0 Å². The van der Waals surface area contributed by atoms with Crippen LogP contribution in [0, 0.1) is 6.92 Å². The largest absolute Gasteiger partial charge is 0.453 e. The number of carbonyl (C=O) groups is 2. The molecule has 2 aromatic heterocycles. The molecule has 8 heteroatoms. The lowest BCUT2D eigenvalue weighted by Crippen LogP contribution is -2.46. The predicted molar refractivity (Wildman–Crippen MR) is 95.5 cm³/mol. The van der Waals surface area contributed by atoms with Crippen molar-refractivity contribution in [2.24, 2.45) is 0 Å². The van der Waals surface area contributed by atoms with Crippen LogP contribution in [0.15, 0.2) is 18.3 Å². The minimum Gasteiger partial charge on any atom is -0.453 e. The Morgan fingerprint density at radius 2 is 2.28 bits per heavy atom. The summed E-state index contributed by atoms with van der Waals surface area (Å²) in [6.07, 6.45) is 1.83. The van der Waals surface area contributed by atoms with Crippen molar-refractivity contribution in [2.75, 3.05) is 32.1 Å². The molecule has 1 aliphatic rings. The average Bonchev–Trinajstić information content (AvgIpc) is 2.98. The Bertz CT molecular complexity index is 805. The van der Waals surface area contributed by atoms with Gasteiger partial charge in [-0.3, -0.25) is 4.79 Å². The van der Waals surface area contributed by atoms with Crippen LogP contribution in [-0.4, -0.2) is 64.4 Å².